The zero-order valence-electron chi connectivity index (χ0n) is 12.6. The molecule has 0 saturated carbocycles. The average molecular weight is 312 g/mol. The van der Waals surface area contributed by atoms with Gasteiger partial charge in [0, 0.05) is 23.3 Å². The summed E-state index contributed by atoms with van der Waals surface area (Å²) in [5.41, 5.74) is 3.24. The second-order valence-electron chi connectivity index (χ2n) is 5.23. The maximum absolute atomic E-state index is 9.18. The molecule has 0 atom stereocenters. The molecule has 4 rings (SSSR count). The van der Waals surface area contributed by atoms with E-state index in [2.05, 4.69) is 21.3 Å². The summed E-state index contributed by atoms with van der Waals surface area (Å²) in [6, 6.07) is 18.8. The van der Waals surface area contributed by atoms with E-state index in [-0.39, 0.29) is 0 Å². The molecule has 2 heterocycles. The normalized spacial score (nSPS) is 10.5. The molecule has 0 bridgehead atoms. The van der Waals surface area contributed by atoms with E-state index in [9.17, 15) is 5.26 Å². The number of pyridine rings is 1. The van der Waals surface area contributed by atoms with Gasteiger partial charge < -0.3 is 4.74 Å². The second-order valence-corrected chi connectivity index (χ2v) is 5.23. The van der Waals surface area contributed by atoms with Crippen LogP contribution in [0, 0.1) is 11.3 Å². The quantitative estimate of drug-likeness (QED) is 0.612. The van der Waals surface area contributed by atoms with Gasteiger partial charge in [0.1, 0.15) is 23.3 Å². The SMILES string of the molecule is N#Cc1ccccc1Oc1ccc2[nH]nc(-c3ccncc3)c2c1. The molecule has 2 aromatic heterocycles. The van der Waals surface area contributed by atoms with Gasteiger partial charge in [-0.05, 0) is 42.5 Å². The van der Waals surface area contributed by atoms with Gasteiger partial charge in [-0.2, -0.15) is 10.4 Å². The predicted molar refractivity (Wildman–Crippen MR) is 90.6 cm³/mol. The number of hydrogen-bond donors (Lipinski definition) is 1. The highest BCUT2D eigenvalue weighted by molar-refractivity contribution is 5.93. The summed E-state index contributed by atoms with van der Waals surface area (Å²) in [4.78, 5) is 4.03. The van der Waals surface area contributed by atoms with E-state index >= 15 is 0 Å². The van der Waals surface area contributed by atoms with Gasteiger partial charge in [0.2, 0.25) is 0 Å². The number of nitriles is 1. The van der Waals surface area contributed by atoms with Gasteiger partial charge in [0.15, 0.2) is 0 Å². The highest BCUT2D eigenvalue weighted by atomic mass is 16.5. The van der Waals surface area contributed by atoms with Crippen LogP contribution < -0.4 is 4.74 Å². The first-order valence-electron chi connectivity index (χ1n) is 7.40. The predicted octanol–water partition coefficient (Wildman–Crippen LogP) is 4.29. The number of para-hydroxylation sites is 1. The number of ether oxygens (including phenoxy) is 1. The van der Waals surface area contributed by atoms with Crippen molar-refractivity contribution in [3.05, 3.63) is 72.6 Å². The molecule has 4 aromatic rings. The third-order valence-corrected chi connectivity index (χ3v) is 3.72. The fraction of sp³-hybridized carbons (Fsp3) is 0. The maximum Gasteiger partial charge on any atom is 0.145 e. The van der Waals surface area contributed by atoms with Crippen LogP contribution in [0.15, 0.2) is 67.0 Å². The van der Waals surface area contributed by atoms with Crippen LogP contribution in [0.2, 0.25) is 0 Å². The summed E-state index contributed by atoms with van der Waals surface area (Å²) >= 11 is 0. The number of rotatable bonds is 3. The minimum atomic E-state index is 0.499. The van der Waals surface area contributed by atoms with E-state index in [0.717, 1.165) is 22.2 Å². The molecule has 5 heteroatoms. The topological polar surface area (TPSA) is 74.6 Å². The lowest BCUT2D eigenvalue weighted by atomic mass is 10.1. The van der Waals surface area contributed by atoms with Crippen molar-refractivity contribution in [2.75, 3.05) is 0 Å². The molecule has 2 aromatic carbocycles. The summed E-state index contributed by atoms with van der Waals surface area (Å²) in [5.74, 6) is 1.19. The fourth-order valence-electron chi connectivity index (χ4n) is 2.56. The zero-order valence-corrected chi connectivity index (χ0v) is 12.6. The molecule has 24 heavy (non-hydrogen) atoms. The Hall–Kier alpha value is -3.65. The Balaban J connectivity index is 1.77. The monoisotopic (exact) mass is 312 g/mol. The maximum atomic E-state index is 9.18. The summed E-state index contributed by atoms with van der Waals surface area (Å²) in [6.07, 6.45) is 3.47. The van der Waals surface area contributed by atoms with Gasteiger partial charge in [-0.25, -0.2) is 0 Å². The Bertz CT molecular complexity index is 1050. The number of hydrogen-bond acceptors (Lipinski definition) is 4. The Labute approximate surface area is 138 Å². The van der Waals surface area contributed by atoms with Gasteiger partial charge >= 0.3 is 0 Å². The molecule has 5 nitrogen and oxygen atoms in total. The number of fused-ring (bicyclic) bond motifs is 1. The van der Waals surface area contributed by atoms with Gasteiger partial charge in [-0.1, -0.05) is 12.1 Å². The molecule has 0 fully saturated rings. The highest BCUT2D eigenvalue weighted by Gasteiger charge is 2.10. The lowest BCUT2D eigenvalue weighted by Gasteiger charge is -2.07. The number of H-pyrrole nitrogens is 1. The summed E-state index contributed by atoms with van der Waals surface area (Å²) in [5, 5.41) is 17.5. The molecule has 0 amide bonds. The lowest BCUT2D eigenvalue weighted by molar-refractivity contribution is 0.482. The Morgan fingerprint density at radius 2 is 1.83 bits per heavy atom. The molecule has 0 aliphatic carbocycles. The van der Waals surface area contributed by atoms with Crippen molar-refractivity contribution in [3.63, 3.8) is 0 Å². The number of nitrogens with zero attached hydrogens (tertiary/aromatic N) is 3. The van der Waals surface area contributed by atoms with Crippen LogP contribution in [0.25, 0.3) is 22.2 Å². The second kappa shape index (κ2) is 5.86. The molecule has 0 aliphatic rings. The Morgan fingerprint density at radius 1 is 1.00 bits per heavy atom. The van der Waals surface area contributed by atoms with Crippen molar-refractivity contribution in [3.8, 4) is 28.8 Å². The van der Waals surface area contributed by atoms with E-state index in [0.29, 0.717) is 17.1 Å². The summed E-state index contributed by atoms with van der Waals surface area (Å²) in [6.45, 7) is 0. The largest absolute Gasteiger partial charge is 0.456 e. The molecule has 0 aliphatic heterocycles. The van der Waals surface area contributed by atoms with E-state index in [1.54, 1.807) is 24.5 Å². The summed E-state index contributed by atoms with van der Waals surface area (Å²) in [7, 11) is 0. The van der Waals surface area contributed by atoms with Crippen LogP contribution in [-0.4, -0.2) is 15.2 Å². The van der Waals surface area contributed by atoms with Crippen molar-refractivity contribution in [1.82, 2.24) is 15.2 Å². The molecule has 1 N–H and O–H groups in total. The van der Waals surface area contributed by atoms with Crippen LogP contribution in [0.5, 0.6) is 11.5 Å². The Morgan fingerprint density at radius 3 is 2.67 bits per heavy atom. The number of benzene rings is 2. The minimum Gasteiger partial charge on any atom is -0.456 e. The average Bonchev–Trinajstić information content (AvgIpc) is 3.06. The van der Waals surface area contributed by atoms with Crippen molar-refractivity contribution in [1.29, 1.82) is 5.26 Å². The van der Waals surface area contributed by atoms with E-state index in [4.69, 9.17) is 4.74 Å². The van der Waals surface area contributed by atoms with Gasteiger partial charge in [0.05, 0.1) is 11.1 Å². The highest BCUT2D eigenvalue weighted by Crippen LogP contribution is 2.31. The van der Waals surface area contributed by atoms with Crippen LogP contribution >= 0.6 is 0 Å². The first-order valence-corrected chi connectivity index (χ1v) is 7.40. The summed E-state index contributed by atoms with van der Waals surface area (Å²) < 4.78 is 5.89. The molecule has 0 saturated heterocycles. The first-order chi connectivity index (χ1) is 11.8. The number of aromatic nitrogens is 3. The standard InChI is InChI=1S/C19H12N4O/c20-12-14-3-1-2-4-18(14)24-15-5-6-17-16(11-15)19(23-22-17)13-7-9-21-10-8-13/h1-11H,(H,22,23). The van der Waals surface area contributed by atoms with Crippen molar-refractivity contribution >= 4 is 10.9 Å². The number of aromatic amines is 1. The molecule has 114 valence electrons. The Kier molecular flexibility index (Phi) is 3.41. The molecule has 0 spiro atoms. The first kappa shape index (κ1) is 14.0. The van der Waals surface area contributed by atoms with E-state index < -0.39 is 0 Å². The number of nitrogens with one attached hydrogen (secondary N) is 1. The fourth-order valence-corrected chi connectivity index (χ4v) is 2.56. The van der Waals surface area contributed by atoms with E-state index in [1.807, 2.05) is 42.5 Å². The van der Waals surface area contributed by atoms with Gasteiger partial charge in [-0.15, -0.1) is 0 Å². The third-order valence-electron chi connectivity index (χ3n) is 3.72. The van der Waals surface area contributed by atoms with E-state index in [1.165, 1.54) is 0 Å². The minimum absolute atomic E-state index is 0.499. The van der Waals surface area contributed by atoms with Gasteiger partial charge in [0.25, 0.3) is 0 Å². The lowest BCUT2D eigenvalue weighted by Crippen LogP contribution is -1.88. The zero-order chi connectivity index (χ0) is 16.4. The van der Waals surface area contributed by atoms with Crippen LogP contribution in [0.1, 0.15) is 5.56 Å². The van der Waals surface area contributed by atoms with Crippen molar-refractivity contribution in [2.45, 2.75) is 0 Å². The van der Waals surface area contributed by atoms with Crippen LogP contribution in [0.3, 0.4) is 0 Å². The molecule has 0 radical (unpaired) electrons. The van der Waals surface area contributed by atoms with Crippen LogP contribution in [-0.2, 0) is 0 Å². The molecule has 0 unspecified atom stereocenters. The third kappa shape index (κ3) is 2.46. The van der Waals surface area contributed by atoms with Gasteiger partial charge in [-0.3, -0.25) is 10.1 Å². The molecular formula is C19H12N4O. The van der Waals surface area contributed by atoms with Crippen molar-refractivity contribution in [2.24, 2.45) is 0 Å². The van der Waals surface area contributed by atoms with Crippen molar-refractivity contribution < 1.29 is 4.74 Å². The van der Waals surface area contributed by atoms with Crippen LogP contribution in [0.4, 0.5) is 0 Å². The smallest absolute Gasteiger partial charge is 0.145 e. The molecular weight excluding hydrogens is 300 g/mol.